The summed E-state index contributed by atoms with van der Waals surface area (Å²) >= 11 is 0. The fraction of sp³-hybridized carbons (Fsp3) is 0.692. The van der Waals surface area contributed by atoms with E-state index in [-0.39, 0.29) is 5.56 Å². The third-order valence-electron chi connectivity index (χ3n) is 3.61. The highest BCUT2D eigenvalue weighted by molar-refractivity contribution is 5.36. The maximum absolute atomic E-state index is 11.4. The molecule has 5 heteroatoms. The molecule has 1 aromatic heterocycles. The summed E-state index contributed by atoms with van der Waals surface area (Å²) in [6.45, 7) is 5.12. The average molecular weight is 250 g/mol. The molecule has 0 aromatic carbocycles. The molecule has 5 nitrogen and oxygen atoms in total. The van der Waals surface area contributed by atoms with Crippen molar-refractivity contribution in [3.05, 3.63) is 22.2 Å². The van der Waals surface area contributed by atoms with Crippen LogP contribution in [0.1, 0.15) is 18.7 Å². The molecule has 0 spiro atoms. The standard InChI is InChI=1S/C13H22N4O/c1-10-14-12(8-13(18)15-10)17(3)9-11-4-6-16(2)7-5-11/h8,11H,4-7,9H2,1-3H3,(H,14,15,18). The van der Waals surface area contributed by atoms with Crippen molar-refractivity contribution in [3.8, 4) is 0 Å². The zero-order valence-electron chi connectivity index (χ0n) is 11.4. The van der Waals surface area contributed by atoms with Crippen molar-refractivity contribution >= 4 is 5.82 Å². The van der Waals surface area contributed by atoms with Crippen LogP contribution in [0.2, 0.25) is 0 Å². The summed E-state index contributed by atoms with van der Waals surface area (Å²) in [7, 11) is 4.18. The van der Waals surface area contributed by atoms with Crippen molar-refractivity contribution in [1.29, 1.82) is 0 Å². The Kier molecular flexibility index (Phi) is 4.01. The molecule has 2 heterocycles. The van der Waals surface area contributed by atoms with E-state index in [0.29, 0.717) is 11.7 Å². The second-order valence-corrected chi connectivity index (χ2v) is 5.32. The van der Waals surface area contributed by atoms with Gasteiger partial charge in [-0.15, -0.1) is 0 Å². The van der Waals surface area contributed by atoms with E-state index in [1.54, 1.807) is 6.07 Å². The Morgan fingerprint density at radius 1 is 1.50 bits per heavy atom. The number of anilines is 1. The van der Waals surface area contributed by atoms with Gasteiger partial charge in [0, 0.05) is 19.7 Å². The molecule has 1 N–H and O–H groups in total. The van der Waals surface area contributed by atoms with Crippen LogP contribution in [0.3, 0.4) is 0 Å². The summed E-state index contributed by atoms with van der Waals surface area (Å²) in [5, 5.41) is 0. The van der Waals surface area contributed by atoms with Gasteiger partial charge >= 0.3 is 0 Å². The third kappa shape index (κ3) is 3.32. The molecule has 1 fully saturated rings. The largest absolute Gasteiger partial charge is 0.359 e. The van der Waals surface area contributed by atoms with E-state index < -0.39 is 0 Å². The molecular formula is C13H22N4O. The van der Waals surface area contributed by atoms with E-state index in [2.05, 4.69) is 26.8 Å². The van der Waals surface area contributed by atoms with Gasteiger partial charge in [-0.2, -0.15) is 0 Å². The number of rotatable bonds is 3. The molecule has 0 bridgehead atoms. The molecule has 18 heavy (non-hydrogen) atoms. The first kappa shape index (κ1) is 13.1. The molecule has 0 aliphatic carbocycles. The molecule has 100 valence electrons. The predicted octanol–water partition coefficient (Wildman–Crippen LogP) is 0.856. The maximum atomic E-state index is 11.4. The van der Waals surface area contributed by atoms with Gasteiger partial charge in [-0.1, -0.05) is 0 Å². The number of likely N-dealkylation sites (tertiary alicyclic amines) is 1. The van der Waals surface area contributed by atoms with Crippen molar-refractivity contribution in [2.75, 3.05) is 38.6 Å². The minimum Gasteiger partial charge on any atom is -0.359 e. The van der Waals surface area contributed by atoms with Gasteiger partial charge in [0.2, 0.25) is 0 Å². The SMILES string of the molecule is Cc1nc(N(C)CC2CCN(C)CC2)cc(=O)[nH]1. The zero-order chi connectivity index (χ0) is 13.1. The number of hydrogen-bond acceptors (Lipinski definition) is 4. The Morgan fingerprint density at radius 3 is 2.78 bits per heavy atom. The molecule has 0 saturated carbocycles. The van der Waals surface area contributed by atoms with Crippen molar-refractivity contribution < 1.29 is 0 Å². The second-order valence-electron chi connectivity index (χ2n) is 5.32. The van der Waals surface area contributed by atoms with Crippen LogP contribution < -0.4 is 10.5 Å². The zero-order valence-corrected chi connectivity index (χ0v) is 11.4. The summed E-state index contributed by atoms with van der Waals surface area (Å²) in [6, 6.07) is 1.57. The molecular weight excluding hydrogens is 228 g/mol. The van der Waals surface area contributed by atoms with Gasteiger partial charge in [0.1, 0.15) is 11.6 Å². The number of aromatic amines is 1. The van der Waals surface area contributed by atoms with Crippen LogP contribution in [0, 0.1) is 12.8 Å². The molecule has 0 atom stereocenters. The number of hydrogen-bond donors (Lipinski definition) is 1. The maximum Gasteiger partial charge on any atom is 0.252 e. The molecule has 2 rings (SSSR count). The second kappa shape index (κ2) is 5.52. The molecule has 0 unspecified atom stereocenters. The van der Waals surface area contributed by atoms with Crippen LogP contribution in [-0.2, 0) is 0 Å². The van der Waals surface area contributed by atoms with Crippen LogP contribution in [0.25, 0.3) is 0 Å². The Hall–Kier alpha value is -1.36. The molecule has 1 saturated heterocycles. The lowest BCUT2D eigenvalue weighted by Crippen LogP contribution is -2.36. The smallest absolute Gasteiger partial charge is 0.252 e. The van der Waals surface area contributed by atoms with Crippen LogP contribution in [0.4, 0.5) is 5.82 Å². The van der Waals surface area contributed by atoms with Crippen molar-refractivity contribution in [2.45, 2.75) is 19.8 Å². The van der Waals surface area contributed by atoms with Crippen LogP contribution in [0.5, 0.6) is 0 Å². The fourth-order valence-corrected chi connectivity index (χ4v) is 2.48. The van der Waals surface area contributed by atoms with Gasteiger partial charge in [0.05, 0.1) is 0 Å². The highest BCUT2D eigenvalue weighted by Gasteiger charge is 2.18. The van der Waals surface area contributed by atoms with E-state index in [0.717, 1.165) is 12.4 Å². The average Bonchev–Trinajstić information content (AvgIpc) is 2.31. The van der Waals surface area contributed by atoms with E-state index >= 15 is 0 Å². The summed E-state index contributed by atoms with van der Waals surface area (Å²) in [6.07, 6.45) is 2.45. The number of aryl methyl sites for hydroxylation is 1. The lowest BCUT2D eigenvalue weighted by atomic mass is 9.97. The summed E-state index contributed by atoms with van der Waals surface area (Å²) in [5.41, 5.74) is -0.0762. The third-order valence-corrected chi connectivity index (χ3v) is 3.61. The Bertz CT molecular complexity index is 449. The normalized spacial score (nSPS) is 17.9. The van der Waals surface area contributed by atoms with Crippen LogP contribution >= 0.6 is 0 Å². The van der Waals surface area contributed by atoms with Gasteiger partial charge in [-0.3, -0.25) is 4.79 Å². The van der Waals surface area contributed by atoms with Gasteiger partial charge in [-0.05, 0) is 45.8 Å². The van der Waals surface area contributed by atoms with E-state index in [4.69, 9.17) is 0 Å². The van der Waals surface area contributed by atoms with E-state index in [1.807, 2.05) is 14.0 Å². The first-order valence-electron chi connectivity index (χ1n) is 6.52. The Labute approximate surface area is 108 Å². The van der Waals surface area contributed by atoms with Gasteiger partial charge in [0.15, 0.2) is 0 Å². The quantitative estimate of drug-likeness (QED) is 0.864. The van der Waals surface area contributed by atoms with Crippen molar-refractivity contribution in [3.63, 3.8) is 0 Å². The molecule has 0 radical (unpaired) electrons. The van der Waals surface area contributed by atoms with Gasteiger partial charge in [-0.25, -0.2) is 4.98 Å². The van der Waals surface area contributed by atoms with E-state index in [1.165, 1.54) is 25.9 Å². The van der Waals surface area contributed by atoms with Crippen molar-refractivity contribution in [2.24, 2.45) is 5.92 Å². The monoisotopic (exact) mass is 250 g/mol. The molecule has 1 aliphatic rings. The molecule has 0 amide bonds. The van der Waals surface area contributed by atoms with Crippen LogP contribution in [-0.4, -0.2) is 48.6 Å². The minimum absolute atomic E-state index is 0.0762. The summed E-state index contributed by atoms with van der Waals surface area (Å²) in [4.78, 5) is 22.9. The highest BCUT2D eigenvalue weighted by Crippen LogP contribution is 2.18. The lowest BCUT2D eigenvalue weighted by molar-refractivity contribution is 0.222. The fourth-order valence-electron chi connectivity index (χ4n) is 2.48. The Balaban J connectivity index is 1.98. The number of nitrogens with one attached hydrogen (secondary N) is 1. The topological polar surface area (TPSA) is 52.2 Å². The Morgan fingerprint density at radius 2 is 2.17 bits per heavy atom. The van der Waals surface area contributed by atoms with E-state index in [9.17, 15) is 4.79 Å². The van der Waals surface area contributed by atoms with Crippen LogP contribution in [0.15, 0.2) is 10.9 Å². The number of piperidine rings is 1. The van der Waals surface area contributed by atoms with Crippen molar-refractivity contribution in [1.82, 2.24) is 14.9 Å². The highest BCUT2D eigenvalue weighted by atomic mass is 16.1. The molecule has 1 aliphatic heterocycles. The van der Waals surface area contributed by atoms with Gasteiger partial charge in [0.25, 0.3) is 5.56 Å². The minimum atomic E-state index is -0.0762. The van der Waals surface area contributed by atoms with Gasteiger partial charge < -0.3 is 14.8 Å². The predicted molar refractivity (Wildman–Crippen MR) is 73.1 cm³/mol. The number of nitrogens with zero attached hydrogens (tertiary/aromatic N) is 3. The first-order valence-corrected chi connectivity index (χ1v) is 6.52. The summed E-state index contributed by atoms with van der Waals surface area (Å²) < 4.78 is 0. The number of aromatic nitrogens is 2. The lowest BCUT2D eigenvalue weighted by Gasteiger charge is -2.32. The molecule has 1 aromatic rings. The first-order chi connectivity index (χ1) is 8.54. The summed E-state index contributed by atoms with van der Waals surface area (Å²) in [5.74, 6) is 2.15. The number of H-pyrrole nitrogens is 1.